The van der Waals surface area contributed by atoms with Gasteiger partial charge >= 0.3 is 5.97 Å². The lowest BCUT2D eigenvalue weighted by Gasteiger charge is -2.35. The van der Waals surface area contributed by atoms with Gasteiger partial charge in [-0.25, -0.2) is 0 Å². The van der Waals surface area contributed by atoms with Gasteiger partial charge in [0, 0.05) is 23.9 Å². The van der Waals surface area contributed by atoms with Gasteiger partial charge in [-0.05, 0) is 37.3 Å². The molecule has 1 aliphatic rings. The minimum Gasteiger partial charge on any atom is -0.481 e. The van der Waals surface area contributed by atoms with Crippen LogP contribution in [0.25, 0.3) is 0 Å². The van der Waals surface area contributed by atoms with Gasteiger partial charge in [-0.2, -0.15) is 0 Å². The summed E-state index contributed by atoms with van der Waals surface area (Å²) in [6.45, 7) is 2.10. The Morgan fingerprint density at radius 2 is 2.41 bits per heavy atom. The van der Waals surface area contributed by atoms with E-state index in [4.69, 9.17) is 5.11 Å². The molecule has 1 aliphatic heterocycles. The van der Waals surface area contributed by atoms with E-state index in [0.717, 1.165) is 25.9 Å². The van der Waals surface area contributed by atoms with E-state index in [2.05, 4.69) is 22.4 Å². The molecule has 17 heavy (non-hydrogen) atoms. The largest absolute Gasteiger partial charge is 0.481 e. The maximum atomic E-state index is 10.6. The number of thiophene rings is 1. The molecule has 94 valence electrons. The number of nitrogens with zero attached hydrogens (tertiary/aromatic N) is 1. The normalized spacial score (nSPS) is 21.5. The summed E-state index contributed by atoms with van der Waals surface area (Å²) in [5.41, 5.74) is 0. The van der Waals surface area contributed by atoms with Crippen molar-refractivity contribution in [3.8, 4) is 0 Å². The standard InChI is InChI=1S/C13H19NO2S/c15-13(16)7-6-11-4-1-2-8-14(11)10-12-5-3-9-17-12/h3,5,9,11H,1-2,4,6-8,10H2,(H,15,16). The molecule has 3 nitrogen and oxygen atoms in total. The lowest BCUT2D eigenvalue weighted by molar-refractivity contribution is -0.137. The number of likely N-dealkylation sites (tertiary alicyclic amines) is 1. The molecule has 0 amide bonds. The lowest BCUT2D eigenvalue weighted by atomic mass is 9.98. The first-order valence-corrected chi connectivity index (χ1v) is 7.12. The summed E-state index contributed by atoms with van der Waals surface area (Å²) < 4.78 is 0. The Balaban J connectivity index is 1.89. The third-order valence-corrected chi connectivity index (χ3v) is 4.24. The van der Waals surface area contributed by atoms with Crippen LogP contribution in [-0.2, 0) is 11.3 Å². The highest BCUT2D eigenvalue weighted by atomic mass is 32.1. The highest BCUT2D eigenvalue weighted by Gasteiger charge is 2.23. The monoisotopic (exact) mass is 253 g/mol. The maximum absolute atomic E-state index is 10.6. The molecule has 0 aromatic carbocycles. The van der Waals surface area contributed by atoms with Crippen molar-refractivity contribution < 1.29 is 9.90 Å². The molecule has 1 aromatic rings. The van der Waals surface area contributed by atoms with Gasteiger partial charge in [0.05, 0.1) is 0 Å². The van der Waals surface area contributed by atoms with Crippen LogP contribution in [0, 0.1) is 0 Å². The summed E-state index contributed by atoms with van der Waals surface area (Å²) in [4.78, 5) is 14.5. The number of hydrogen-bond acceptors (Lipinski definition) is 3. The van der Waals surface area contributed by atoms with Gasteiger partial charge in [0.1, 0.15) is 0 Å². The molecule has 0 saturated carbocycles. The Labute approximate surface area is 106 Å². The first kappa shape index (κ1) is 12.6. The summed E-state index contributed by atoms with van der Waals surface area (Å²) in [7, 11) is 0. The molecular weight excluding hydrogens is 234 g/mol. The number of carboxylic acid groups (broad SMARTS) is 1. The first-order chi connectivity index (χ1) is 8.25. The third kappa shape index (κ3) is 3.82. The molecule has 0 aliphatic carbocycles. The van der Waals surface area contributed by atoms with Crippen molar-refractivity contribution in [3.63, 3.8) is 0 Å². The summed E-state index contributed by atoms with van der Waals surface area (Å²) >= 11 is 1.79. The molecule has 2 heterocycles. The number of aliphatic carboxylic acids is 1. The van der Waals surface area contributed by atoms with E-state index in [-0.39, 0.29) is 0 Å². The smallest absolute Gasteiger partial charge is 0.303 e. The molecule has 2 rings (SSSR count). The Kier molecular flexibility index (Phi) is 4.57. The average molecular weight is 253 g/mol. The average Bonchev–Trinajstić information content (AvgIpc) is 2.80. The van der Waals surface area contributed by atoms with E-state index in [9.17, 15) is 4.79 Å². The van der Waals surface area contributed by atoms with Gasteiger partial charge < -0.3 is 5.11 Å². The van der Waals surface area contributed by atoms with E-state index in [1.807, 2.05) is 0 Å². The van der Waals surface area contributed by atoms with Gasteiger partial charge in [-0.1, -0.05) is 12.5 Å². The van der Waals surface area contributed by atoms with Gasteiger partial charge in [-0.3, -0.25) is 9.69 Å². The second kappa shape index (κ2) is 6.17. The van der Waals surface area contributed by atoms with Crippen molar-refractivity contribution >= 4 is 17.3 Å². The van der Waals surface area contributed by atoms with E-state index in [1.54, 1.807) is 11.3 Å². The van der Waals surface area contributed by atoms with Crippen LogP contribution in [0.5, 0.6) is 0 Å². The predicted molar refractivity (Wildman–Crippen MR) is 69.2 cm³/mol. The molecule has 0 radical (unpaired) electrons. The van der Waals surface area contributed by atoms with Gasteiger partial charge in [0.15, 0.2) is 0 Å². The SMILES string of the molecule is O=C(O)CCC1CCCCN1Cc1cccs1. The van der Waals surface area contributed by atoms with Gasteiger partial charge in [0.2, 0.25) is 0 Å². The van der Waals surface area contributed by atoms with Crippen LogP contribution in [0.3, 0.4) is 0 Å². The summed E-state index contributed by atoms with van der Waals surface area (Å²) in [5.74, 6) is -0.674. The predicted octanol–water partition coefficient (Wildman–Crippen LogP) is 2.97. The highest BCUT2D eigenvalue weighted by Crippen LogP contribution is 2.24. The zero-order valence-electron chi connectivity index (χ0n) is 9.97. The summed E-state index contributed by atoms with van der Waals surface area (Å²) in [6, 6.07) is 4.70. The molecule has 0 spiro atoms. The van der Waals surface area contributed by atoms with Crippen LogP contribution in [-0.4, -0.2) is 28.6 Å². The van der Waals surface area contributed by atoms with Crippen molar-refractivity contribution in [2.24, 2.45) is 0 Å². The van der Waals surface area contributed by atoms with Crippen LogP contribution in [0.15, 0.2) is 17.5 Å². The Morgan fingerprint density at radius 3 is 3.12 bits per heavy atom. The fraction of sp³-hybridized carbons (Fsp3) is 0.615. The molecule has 1 fully saturated rings. The van der Waals surface area contributed by atoms with Crippen molar-refractivity contribution in [2.75, 3.05) is 6.54 Å². The number of carboxylic acids is 1. The molecule has 1 unspecified atom stereocenters. The fourth-order valence-electron chi connectivity index (χ4n) is 2.49. The topological polar surface area (TPSA) is 40.5 Å². The second-order valence-corrected chi connectivity index (χ2v) is 5.66. The Bertz CT molecular complexity index is 350. The van der Waals surface area contributed by atoms with Crippen LogP contribution in [0.1, 0.15) is 37.0 Å². The number of carbonyl (C=O) groups is 1. The summed E-state index contributed by atoms with van der Waals surface area (Å²) in [6.07, 6.45) is 4.73. The third-order valence-electron chi connectivity index (χ3n) is 3.38. The molecular formula is C13H19NO2S. The van der Waals surface area contributed by atoms with Crippen LogP contribution < -0.4 is 0 Å². The maximum Gasteiger partial charge on any atom is 0.303 e. The van der Waals surface area contributed by atoms with Crippen molar-refractivity contribution in [3.05, 3.63) is 22.4 Å². The fourth-order valence-corrected chi connectivity index (χ4v) is 3.22. The van der Waals surface area contributed by atoms with Crippen molar-refractivity contribution in [1.29, 1.82) is 0 Å². The molecule has 0 bridgehead atoms. The summed E-state index contributed by atoms with van der Waals surface area (Å²) in [5, 5.41) is 10.9. The molecule has 4 heteroatoms. The van der Waals surface area contributed by atoms with Gasteiger partial charge in [0.25, 0.3) is 0 Å². The molecule has 1 saturated heterocycles. The first-order valence-electron chi connectivity index (χ1n) is 6.24. The van der Waals surface area contributed by atoms with E-state index in [0.29, 0.717) is 12.5 Å². The Morgan fingerprint density at radius 1 is 1.53 bits per heavy atom. The van der Waals surface area contributed by atoms with Crippen LogP contribution >= 0.6 is 11.3 Å². The van der Waals surface area contributed by atoms with Crippen molar-refractivity contribution in [1.82, 2.24) is 4.90 Å². The van der Waals surface area contributed by atoms with E-state index < -0.39 is 5.97 Å². The zero-order chi connectivity index (χ0) is 12.1. The minimum absolute atomic E-state index is 0.297. The Hall–Kier alpha value is -0.870. The minimum atomic E-state index is -0.674. The highest BCUT2D eigenvalue weighted by molar-refractivity contribution is 7.09. The number of rotatable bonds is 5. The molecule has 1 aromatic heterocycles. The van der Waals surface area contributed by atoms with Crippen molar-refractivity contribution in [2.45, 2.75) is 44.7 Å². The van der Waals surface area contributed by atoms with E-state index in [1.165, 1.54) is 17.7 Å². The zero-order valence-corrected chi connectivity index (χ0v) is 10.8. The van der Waals surface area contributed by atoms with E-state index >= 15 is 0 Å². The van der Waals surface area contributed by atoms with Crippen LogP contribution in [0.2, 0.25) is 0 Å². The second-order valence-electron chi connectivity index (χ2n) is 4.63. The number of piperidine rings is 1. The van der Waals surface area contributed by atoms with Gasteiger partial charge in [-0.15, -0.1) is 11.3 Å². The lowest BCUT2D eigenvalue weighted by Crippen LogP contribution is -2.39. The van der Waals surface area contributed by atoms with Crippen LogP contribution in [0.4, 0.5) is 0 Å². The quantitative estimate of drug-likeness (QED) is 0.877. The number of hydrogen-bond donors (Lipinski definition) is 1. The molecule has 1 N–H and O–H groups in total. The molecule has 1 atom stereocenters.